The van der Waals surface area contributed by atoms with Gasteiger partial charge in [0.05, 0.1) is 12.8 Å². The number of hydrogen-bond donors (Lipinski definition) is 2. The molecule has 0 aliphatic carbocycles. The number of hydrazone groups is 1. The number of hydrogen-bond acceptors (Lipinski definition) is 4. The second kappa shape index (κ2) is 8.83. The monoisotopic (exact) mass is 389 g/mol. The average molecular weight is 390 g/mol. The van der Waals surface area contributed by atoms with Gasteiger partial charge in [-0.25, -0.2) is 5.43 Å². The molecule has 0 heterocycles. The van der Waals surface area contributed by atoms with Gasteiger partial charge in [-0.05, 0) is 55.0 Å². The Kier molecular flexibility index (Phi) is 6.51. The Morgan fingerprint density at radius 2 is 1.92 bits per heavy atom. The third-order valence-corrected chi connectivity index (χ3v) is 3.35. The summed E-state index contributed by atoms with van der Waals surface area (Å²) in [5, 5.41) is 6.24. The molecule has 0 radical (unpaired) electrons. The lowest BCUT2D eigenvalue weighted by Crippen LogP contribution is -2.32. The molecule has 124 valence electrons. The number of rotatable bonds is 5. The molecule has 2 aromatic rings. The molecule has 2 aromatic carbocycles. The molecule has 6 nitrogen and oxygen atoms in total. The largest absolute Gasteiger partial charge is 0.494 e. The number of halogens is 1. The van der Waals surface area contributed by atoms with Crippen molar-refractivity contribution in [3.8, 4) is 5.75 Å². The van der Waals surface area contributed by atoms with Crippen LogP contribution in [0.4, 0.5) is 5.69 Å². The van der Waals surface area contributed by atoms with E-state index in [4.69, 9.17) is 4.74 Å². The highest BCUT2D eigenvalue weighted by Gasteiger charge is 2.12. The Balaban J connectivity index is 1.86. The van der Waals surface area contributed by atoms with E-state index in [0.717, 1.165) is 15.8 Å². The number of anilines is 1. The summed E-state index contributed by atoms with van der Waals surface area (Å²) in [6, 6.07) is 14.1. The van der Waals surface area contributed by atoms with Gasteiger partial charge < -0.3 is 10.1 Å². The highest BCUT2D eigenvalue weighted by molar-refractivity contribution is 9.10. The minimum atomic E-state index is -0.850. The molecule has 0 saturated carbocycles. The SMILES string of the molecule is CCOc1ccc(/C=N/NC(=O)C(=O)Nc2cccc(Br)c2)cc1. The summed E-state index contributed by atoms with van der Waals surface area (Å²) in [6.45, 7) is 2.50. The van der Waals surface area contributed by atoms with Crippen LogP contribution in [-0.4, -0.2) is 24.6 Å². The molecule has 0 aromatic heterocycles. The predicted octanol–water partition coefficient (Wildman–Crippen LogP) is 2.94. The summed E-state index contributed by atoms with van der Waals surface area (Å²) in [4.78, 5) is 23.4. The molecule has 0 bridgehead atoms. The number of carbonyl (C=O) groups excluding carboxylic acids is 2. The first kappa shape index (κ1) is 17.7. The zero-order valence-corrected chi connectivity index (χ0v) is 14.5. The second-order valence-corrected chi connectivity index (χ2v) is 5.58. The van der Waals surface area contributed by atoms with Gasteiger partial charge in [-0.15, -0.1) is 0 Å². The van der Waals surface area contributed by atoms with E-state index in [1.54, 1.807) is 42.5 Å². The van der Waals surface area contributed by atoms with Crippen LogP contribution in [0.15, 0.2) is 58.1 Å². The molecule has 24 heavy (non-hydrogen) atoms. The Bertz CT molecular complexity index is 745. The Morgan fingerprint density at radius 1 is 1.17 bits per heavy atom. The van der Waals surface area contributed by atoms with E-state index in [9.17, 15) is 9.59 Å². The minimum Gasteiger partial charge on any atom is -0.494 e. The van der Waals surface area contributed by atoms with E-state index in [0.29, 0.717) is 12.3 Å². The van der Waals surface area contributed by atoms with Crippen LogP contribution in [-0.2, 0) is 9.59 Å². The van der Waals surface area contributed by atoms with Crippen molar-refractivity contribution in [2.45, 2.75) is 6.92 Å². The number of nitrogens with one attached hydrogen (secondary N) is 2. The molecule has 2 N–H and O–H groups in total. The van der Waals surface area contributed by atoms with Crippen molar-refractivity contribution < 1.29 is 14.3 Å². The molecule has 2 amide bonds. The Labute approximate surface area is 148 Å². The first-order valence-corrected chi connectivity index (χ1v) is 8.00. The molecule has 0 aliphatic rings. The number of carbonyl (C=O) groups is 2. The highest BCUT2D eigenvalue weighted by atomic mass is 79.9. The van der Waals surface area contributed by atoms with E-state index in [2.05, 4.69) is 31.8 Å². The number of benzene rings is 2. The van der Waals surface area contributed by atoms with E-state index < -0.39 is 11.8 Å². The third kappa shape index (κ3) is 5.51. The fraction of sp³-hybridized carbons (Fsp3) is 0.118. The molecule has 0 unspecified atom stereocenters. The van der Waals surface area contributed by atoms with Gasteiger partial charge in [-0.2, -0.15) is 5.10 Å². The van der Waals surface area contributed by atoms with Gasteiger partial charge in [0.15, 0.2) is 0 Å². The minimum absolute atomic E-state index is 0.514. The van der Waals surface area contributed by atoms with E-state index in [1.165, 1.54) is 6.21 Å². The van der Waals surface area contributed by atoms with Gasteiger partial charge in [0.2, 0.25) is 0 Å². The van der Waals surface area contributed by atoms with E-state index in [-0.39, 0.29) is 0 Å². The zero-order chi connectivity index (χ0) is 17.4. The summed E-state index contributed by atoms with van der Waals surface area (Å²) in [5.74, 6) is -0.888. The maximum Gasteiger partial charge on any atom is 0.329 e. The first-order chi connectivity index (χ1) is 11.6. The standard InChI is InChI=1S/C17H16BrN3O3/c1-2-24-15-8-6-12(7-9-15)11-19-21-17(23)16(22)20-14-5-3-4-13(18)10-14/h3-11H,2H2,1H3,(H,20,22)(H,21,23)/b19-11+. The molecule has 0 atom stereocenters. The molecule has 0 aliphatic heterocycles. The lowest BCUT2D eigenvalue weighted by atomic mass is 10.2. The molecule has 0 fully saturated rings. The van der Waals surface area contributed by atoms with Crippen LogP contribution >= 0.6 is 15.9 Å². The van der Waals surface area contributed by atoms with Gasteiger partial charge in [0, 0.05) is 10.2 Å². The Morgan fingerprint density at radius 3 is 2.58 bits per heavy atom. The van der Waals surface area contributed by atoms with E-state index in [1.807, 2.05) is 13.0 Å². The normalized spacial score (nSPS) is 10.4. The molecular formula is C17H16BrN3O3. The average Bonchev–Trinajstić information content (AvgIpc) is 2.56. The fourth-order valence-electron chi connectivity index (χ4n) is 1.79. The summed E-state index contributed by atoms with van der Waals surface area (Å²) < 4.78 is 6.13. The predicted molar refractivity (Wildman–Crippen MR) is 96.1 cm³/mol. The van der Waals surface area contributed by atoms with Crippen molar-refractivity contribution in [3.05, 3.63) is 58.6 Å². The molecule has 0 spiro atoms. The summed E-state index contributed by atoms with van der Waals surface area (Å²) in [7, 11) is 0. The summed E-state index contributed by atoms with van der Waals surface area (Å²) >= 11 is 3.29. The fourth-order valence-corrected chi connectivity index (χ4v) is 2.19. The lowest BCUT2D eigenvalue weighted by Gasteiger charge is -2.04. The first-order valence-electron chi connectivity index (χ1n) is 7.21. The topological polar surface area (TPSA) is 79.8 Å². The van der Waals surface area contributed by atoms with Crippen molar-refractivity contribution in [1.29, 1.82) is 0 Å². The van der Waals surface area contributed by atoms with Crippen LogP contribution in [0.2, 0.25) is 0 Å². The van der Waals surface area contributed by atoms with Crippen molar-refractivity contribution >= 4 is 39.6 Å². The van der Waals surface area contributed by atoms with Crippen LogP contribution in [0.5, 0.6) is 5.75 Å². The number of amides is 2. The maximum atomic E-state index is 11.8. The maximum absolute atomic E-state index is 11.8. The molecule has 2 rings (SSSR count). The summed E-state index contributed by atoms with van der Waals surface area (Å²) in [6.07, 6.45) is 1.44. The van der Waals surface area contributed by atoms with Gasteiger partial charge in [-0.1, -0.05) is 22.0 Å². The molecule has 7 heteroatoms. The third-order valence-electron chi connectivity index (χ3n) is 2.86. The van der Waals surface area contributed by atoms with Crippen LogP contribution in [0.25, 0.3) is 0 Å². The number of nitrogens with zero attached hydrogens (tertiary/aromatic N) is 1. The summed E-state index contributed by atoms with van der Waals surface area (Å²) in [5.41, 5.74) is 3.46. The van der Waals surface area contributed by atoms with Crippen molar-refractivity contribution in [2.75, 3.05) is 11.9 Å². The highest BCUT2D eigenvalue weighted by Crippen LogP contribution is 2.15. The van der Waals surface area contributed by atoms with E-state index >= 15 is 0 Å². The van der Waals surface area contributed by atoms with Crippen LogP contribution in [0.3, 0.4) is 0 Å². The Hall–Kier alpha value is -2.67. The van der Waals surface area contributed by atoms with Crippen LogP contribution < -0.4 is 15.5 Å². The number of ether oxygens (including phenoxy) is 1. The zero-order valence-electron chi connectivity index (χ0n) is 13.0. The van der Waals surface area contributed by atoms with Crippen LogP contribution in [0.1, 0.15) is 12.5 Å². The van der Waals surface area contributed by atoms with Crippen LogP contribution in [0, 0.1) is 0 Å². The van der Waals surface area contributed by atoms with Gasteiger partial charge >= 0.3 is 11.8 Å². The van der Waals surface area contributed by atoms with Gasteiger partial charge in [-0.3, -0.25) is 9.59 Å². The smallest absolute Gasteiger partial charge is 0.329 e. The van der Waals surface area contributed by atoms with Gasteiger partial charge in [0.1, 0.15) is 5.75 Å². The second-order valence-electron chi connectivity index (χ2n) is 4.67. The van der Waals surface area contributed by atoms with Crippen molar-refractivity contribution in [1.82, 2.24) is 5.43 Å². The van der Waals surface area contributed by atoms with Crippen molar-refractivity contribution in [3.63, 3.8) is 0 Å². The molecular weight excluding hydrogens is 374 g/mol. The quantitative estimate of drug-likeness (QED) is 0.468. The lowest BCUT2D eigenvalue weighted by molar-refractivity contribution is -0.136. The molecule has 0 saturated heterocycles. The van der Waals surface area contributed by atoms with Crippen molar-refractivity contribution in [2.24, 2.45) is 5.10 Å². The van der Waals surface area contributed by atoms with Gasteiger partial charge in [0.25, 0.3) is 0 Å².